The number of hydrogen-bond donors (Lipinski definition) is 1. The van der Waals surface area contributed by atoms with Crippen molar-refractivity contribution in [3.8, 4) is 0 Å². The predicted molar refractivity (Wildman–Crippen MR) is 125 cm³/mol. The second kappa shape index (κ2) is 9.54. The first-order chi connectivity index (χ1) is 16.2. The summed E-state index contributed by atoms with van der Waals surface area (Å²) in [6.07, 6.45) is 5.91. The van der Waals surface area contributed by atoms with Crippen molar-refractivity contribution in [3.63, 3.8) is 0 Å². The summed E-state index contributed by atoms with van der Waals surface area (Å²) in [6.45, 7) is 3.15. The first-order valence-corrected chi connectivity index (χ1v) is 11.8. The number of β-lactam (4-membered cyclic amide) rings is 1. The van der Waals surface area contributed by atoms with Gasteiger partial charge in [0, 0.05) is 24.4 Å². The van der Waals surface area contributed by atoms with E-state index >= 15 is 0 Å². The van der Waals surface area contributed by atoms with Gasteiger partial charge in [-0.1, -0.05) is 36.4 Å². The largest absolute Gasteiger partial charge is 0.426 e. The highest BCUT2D eigenvalue weighted by Gasteiger charge is 2.64. The van der Waals surface area contributed by atoms with Crippen molar-refractivity contribution in [2.75, 3.05) is 13.8 Å². The van der Waals surface area contributed by atoms with Gasteiger partial charge in [0.1, 0.15) is 17.5 Å². The molecular weight excluding hydrogens is 458 g/mol. The molecule has 1 aromatic carbocycles. The second-order valence-corrected chi connectivity index (χ2v) is 10.7. The molecule has 180 valence electrons. The number of thioether (sulfide) groups is 1. The smallest absolute Gasteiger partial charge is 0.338 e. The summed E-state index contributed by atoms with van der Waals surface area (Å²) < 4.78 is 9.66. The quantitative estimate of drug-likeness (QED) is 0.352. The van der Waals surface area contributed by atoms with E-state index in [9.17, 15) is 19.2 Å². The van der Waals surface area contributed by atoms with Crippen LogP contribution in [0.15, 0.2) is 54.4 Å². The van der Waals surface area contributed by atoms with Gasteiger partial charge < -0.3 is 24.6 Å². The monoisotopic (exact) mass is 485 g/mol. The summed E-state index contributed by atoms with van der Waals surface area (Å²) in [4.78, 5) is 53.5. The van der Waals surface area contributed by atoms with E-state index in [1.807, 2.05) is 56.5 Å². The Labute approximate surface area is 202 Å². The predicted octanol–water partition coefficient (Wildman–Crippen LogP) is 1.55. The Morgan fingerprint density at radius 1 is 1.18 bits per heavy atom. The summed E-state index contributed by atoms with van der Waals surface area (Å²) in [7, 11) is 1.79. The number of hydrogen-bond acceptors (Lipinski definition) is 8. The fourth-order valence-corrected chi connectivity index (χ4v) is 5.89. The Bertz CT molecular complexity index is 1050. The SMILES string of the molecule is CN1C=CCC(C(=O)OCOC(=O)[C@@H]2N3C(=O)C(NC(=O)Cc4ccccc4)[C@H]3SC2(C)C)=C1. The molecule has 0 saturated carbocycles. The molecule has 0 aromatic heterocycles. The van der Waals surface area contributed by atoms with Crippen LogP contribution in [0, 0.1) is 0 Å². The van der Waals surface area contributed by atoms with Crippen molar-refractivity contribution < 1.29 is 28.7 Å². The van der Waals surface area contributed by atoms with Crippen LogP contribution in [-0.4, -0.2) is 69.6 Å². The number of fused-ring (bicyclic) bond motifs is 1. The van der Waals surface area contributed by atoms with Gasteiger partial charge in [0.25, 0.3) is 0 Å². The number of ether oxygens (including phenoxy) is 2. The lowest BCUT2D eigenvalue weighted by Crippen LogP contribution is -2.70. The zero-order chi connectivity index (χ0) is 24.5. The highest BCUT2D eigenvalue weighted by atomic mass is 32.2. The number of carbonyl (C=O) groups excluding carboxylic acids is 4. The number of amides is 2. The molecule has 2 amide bonds. The van der Waals surface area contributed by atoms with Gasteiger partial charge in [-0.25, -0.2) is 9.59 Å². The van der Waals surface area contributed by atoms with E-state index in [1.165, 1.54) is 16.7 Å². The molecule has 34 heavy (non-hydrogen) atoms. The van der Waals surface area contributed by atoms with Crippen LogP contribution in [-0.2, 0) is 35.1 Å². The summed E-state index contributed by atoms with van der Waals surface area (Å²) >= 11 is 1.44. The van der Waals surface area contributed by atoms with Gasteiger partial charge in [0.2, 0.25) is 18.6 Å². The van der Waals surface area contributed by atoms with Crippen molar-refractivity contribution in [1.29, 1.82) is 0 Å². The van der Waals surface area contributed by atoms with E-state index < -0.39 is 35.6 Å². The molecule has 2 saturated heterocycles. The summed E-state index contributed by atoms with van der Waals surface area (Å²) in [5.74, 6) is -1.79. The lowest BCUT2D eigenvalue weighted by atomic mass is 9.96. The molecule has 3 atom stereocenters. The van der Waals surface area contributed by atoms with Crippen molar-refractivity contribution in [2.24, 2.45) is 0 Å². The van der Waals surface area contributed by atoms with E-state index in [0.29, 0.717) is 12.0 Å². The molecule has 0 radical (unpaired) electrons. The molecular formula is C24H27N3O6S. The number of nitrogens with one attached hydrogen (secondary N) is 1. The molecule has 0 aliphatic carbocycles. The molecule has 3 aliphatic heterocycles. The minimum absolute atomic E-state index is 0.171. The summed E-state index contributed by atoms with van der Waals surface area (Å²) in [5, 5.41) is 2.43. The van der Waals surface area contributed by atoms with E-state index in [-0.39, 0.29) is 23.6 Å². The zero-order valence-corrected chi connectivity index (χ0v) is 20.0. The van der Waals surface area contributed by atoms with Crippen LogP contribution in [0.25, 0.3) is 0 Å². The van der Waals surface area contributed by atoms with E-state index in [0.717, 1.165) is 5.56 Å². The fourth-order valence-electron chi connectivity index (χ4n) is 4.27. The van der Waals surface area contributed by atoms with Gasteiger partial charge in [0.15, 0.2) is 0 Å². The van der Waals surface area contributed by atoms with E-state index in [2.05, 4.69) is 5.32 Å². The van der Waals surface area contributed by atoms with Crippen LogP contribution < -0.4 is 5.32 Å². The Morgan fingerprint density at radius 3 is 2.62 bits per heavy atom. The number of nitrogens with zero attached hydrogens (tertiary/aromatic N) is 2. The van der Waals surface area contributed by atoms with Gasteiger partial charge in [0.05, 0.1) is 12.0 Å². The first kappa shape index (κ1) is 23.9. The third kappa shape index (κ3) is 4.82. The van der Waals surface area contributed by atoms with Crippen LogP contribution in [0.5, 0.6) is 0 Å². The molecule has 1 unspecified atom stereocenters. The van der Waals surface area contributed by atoms with Crippen molar-refractivity contribution in [2.45, 2.75) is 48.9 Å². The number of carbonyl (C=O) groups is 4. The molecule has 10 heteroatoms. The molecule has 3 aliphatic rings. The van der Waals surface area contributed by atoms with Crippen molar-refractivity contribution in [1.82, 2.24) is 15.1 Å². The maximum atomic E-state index is 12.8. The Morgan fingerprint density at radius 2 is 1.91 bits per heavy atom. The lowest BCUT2D eigenvalue weighted by Gasteiger charge is -2.43. The van der Waals surface area contributed by atoms with Crippen LogP contribution in [0.4, 0.5) is 0 Å². The van der Waals surface area contributed by atoms with Crippen LogP contribution in [0.3, 0.4) is 0 Å². The normalized spacial score (nSPS) is 24.6. The number of benzene rings is 1. The minimum atomic E-state index is -0.848. The maximum absolute atomic E-state index is 12.8. The molecule has 1 N–H and O–H groups in total. The number of allylic oxidation sites excluding steroid dienone is 1. The molecule has 0 bridgehead atoms. The first-order valence-electron chi connectivity index (χ1n) is 10.9. The molecule has 9 nitrogen and oxygen atoms in total. The minimum Gasteiger partial charge on any atom is -0.426 e. The topological polar surface area (TPSA) is 105 Å². The van der Waals surface area contributed by atoms with Crippen LogP contribution in [0.1, 0.15) is 25.8 Å². The average molecular weight is 486 g/mol. The third-order valence-electron chi connectivity index (χ3n) is 5.88. The van der Waals surface area contributed by atoms with Gasteiger partial charge in [-0.2, -0.15) is 0 Å². The summed E-state index contributed by atoms with van der Waals surface area (Å²) in [5.41, 5.74) is 1.30. The molecule has 3 heterocycles. The van der Waals surface area contributed by atoms with Crippen LogP contribution in [0.2, 0.25) is 0 Å². The van der Waals surface area contributed by atoms with E-state index in [4.69, 9.17) is 9.47 Å². The van der Waals surface area contributed by atoms with Gasteiger partial charge >= 0.3 is 11.9 Å². The second-order valence-electron chi connectivity index (χ2n) is 8.89. The molecule has 2 fully saturated rings. The van der Waals surface area contributed by atoms with Gasteiger partial charge in [-0.15, -0.1) is 11.8 Å². The summed E-state index contributed by atoms with van der Waals surface area (Å²) in [6, 6.07) is 7.72. The molecule has 0 spiro atoms. The highest BCUT2D eigenvalue weighted by Crippen LogP contribution is 2.51. The van der Waals surface area contributed by atoms with E-state index in [1.54, 1.807) is 18.1 Å². The number of rotatable bonds is 7. The highest BCUT2D eigenvalue weighted by molar-refractivity contribution is 8.01. The number of esters is 2. The Kier molecular flexibility index (Phi) is 6.70. The third-order valence-corrected chi connectivity index (χ3v) is 7.45. The lowest BCUT2D eigenvalue weighted by molar-refractivity contribution is -0.175. The molecule has 4 rings (SSSR count). The Hall–Kier alpha value is -3.27. The standard InChI is InChI=1S/C24H27N3O6S/c1-24(2)19(23(31)33-14-32-22(30)16-10-7-11-26(3)13-16)27-20(29)18(21(27)34-24)25-17(28)12-15-8-5-4-6-9-15/h4-9,11,13,18-19,21H,10,12,14H2,1-3H3,(H,25,28)/t18?,19-,21+/m0/s1. The van der Waals surface area contributed by atoms with Gasteiger partial charge in [-0.05, 0) is 25.6 Å². The maximum Gasteiger partial charge on any atom is 0.338 e. The Balaban J connectivity index is 1.31. The van der Waals surface area contributed by atoms with Gasteiger partial charge in [-0.3, -0.25) is 9.59 Å². The fraction of sp³-hybridized carbons (Fsp3) is 0.417. The van der Waals surface area contributed by atoms with Crippen LogP contribution >= 0.6 is 11.8 Å². The van der Waals surface area contributed by atoms with Crippen molar-refractivity contribution >= 4 is 35.5 Å². The average Bonchev–Trinajstić information content (AvgIpc) is 3.05. The van der Waals surface area contributed by atoms with Crippen molar-refractivity contribution in [3.05, 3.63) is 59.9 Å². The zero-order valence-electron chi connectivity index (χ0n) is 19.2. The molecule has 1 aromatic rings.